The van der Waals surface area contributed by atoms with Crippen molar-refractivity contribution in [2.75, 3.05) is 6.67 Å². The Morgan fingerprint density at radius 1 is 1.04 bits per heavy atom. The number of allylic oxidation sites excluding steroid dienone is 2. The van der Waals surface area contributed by atoms with Gasteiger partial charge < -0.3 is 0 Å². The molecule has 1 saturated heterocycles. The van der Waals surface area contributed by atoms with Crippen molar-refractivity contribution in [1.29, 1.82) is 0 Å². The van der Waals surface area contributed by atoms with E-state index < -0.39 is 6.67 Å². The first-order chi connectivity index (χ1) is 13.0. The van der Waals surface area contributed by atoms with Crippen LogP contribution in [0.1, 0.15) is 56.0 Å². The Bertz CT molecular complexity index is 931. The monoisotopic (exact) mass is 362 g/mol. The molecule has 5 atom stereocenters. The number of rotatable bonds is 2. The largest absolute Gasteiger partial charge is 0.281 e. The van der Waals surface area contributed by atoms with E-state index in [1.165, 1.54) is 22.3 Å². The number of halogens is 1. The summed E-state index contributed by atoms with van der Waals surface area (Å²) in [4.78, 5) is 0. The lowest BCUT2D eigenvalue weighted by Gasteiger charge is -2.35. The van der Waals surface area contributed by atoms with E-state index >= 15 is 0 Å². The first-order valence-electron chi connectivity index (χ1n) is 9.85. The van der Waals surface area contributed by atoms with Crippen LogP contribution in [0, 0.1) is 0 Å². The van der Waals surface area contributed by atoms with Gasteiger partial charge in [-0.2, -0.15) is 0 Å². The van der Waals surface area contributed by atoms with Gasteiger partial charge in [0.05, 0.1) is 0 Å². The second-order valence-electron chi connectivity index (χ2n) is 8.24. The summed E-state index contributed by atoms with van der Waals surface area (Å²) in [5.41, 5.74) is 5.78. The van der Waals surface area contributed by atoms with Gasteiger partial charge in [-0.15, -0.1) is 6.58 Å². The minimum absolute atomic E-state index is 0.0489. The number of quaternary nitrogens is 1. The van der Waals surface area contributed by atoms with Crippen molar-refractivity contribution >= 4 is 0 Å². The SMILES string of the molecule is C=CC.C[C@@H]1[C@]2(C)c3ccccc3[C@]3(C)c4ccccc4[C@@H](C=CCF)[N+]132. The molecule has 1 unspecified atom stereocenters. The molecule has 0 radical (unpaired) electrons. The first-order valence-corrected chi connectivity index (χ1v) is 9.85. The van der Waals surface area contributed by atoms with Gasteiger partial charge in [0.2, 0.25) is 0 Å². The topological polar surface area (TPSA) is 0 Å². The van der Waals surface area contributed by atoms with Crippen LogP contribution in [0.3, 0.4) is 0 Å². The summed E-state index contributed by atoms with van der Waals surface area (Å²) < 4.78 is 14.0. The zero-order valence-electron chi connectivity index (χ0n) is 16.7. The van der Waals surface area contributed by atoms with E-state index in [0.717, 1.165) is 4.48 Å². The molecular weight excluding hydrogens is 333 g/mol. The zero-order valence-corrected chi connectivity index (χ0v) is 16.7. The molecule has 3 aliphatic rings. The Morgan fingerprint density at radius 3 is 2.22 bits per heavy atom. The van der Waals surface area contributed by atoms with Crippen LogP contribution in [-0.4, -0.2) is 17.2 Å². The quantitative estimate of drug-likeness (QED) is 0.340. The summed E-state index contributed by atoms with van der Waals surface area (Å²) in [6.45, 7) is 12.0. The van der Waals surface area contributed by atoms with Gasteiger partial charge >= 0.3 is 0 Å². The van der Waals surface area contributed by atoms with Gasteiger partial charge in [-0.3, -0.25) is 4.48 Å². The van der Waals surface area contributed by atoms with E-state index in [-0.39, 0.29) is 17.1 Å². The fourth-order valence-corrected chi connectivity index (χ4v) is 6.59. The van der Waals surface area contributed by atoms with Gasteiger partial charge in [-0.1, -0.05) is 60.7 Å². The van der Waals surface area contributed by atoms with Crippen molar-refractivity contribution in [1.82, 2.24) is 0 Å². The lowest BCUT2D eigenvalue weighted by molar-refractivity contribution is -0.905. The highest BCUT2D eigenvalue weighted by molar-refractivity contribution is 5.57. The van der Waals surface area contributed by atoms with Crippen molar-refractivity contribution in [3.63, 3.8) is 0 Å². The molecule has 2 heteroatoms. The summed E-state index contributed by atoms with van der Waals surface area (Å²) >= 11 is 0. The van der Waals surface area contributed by atoms with E-state index in [0.29, 0.717) is 6.04 Å². The van der Waals surface area contributed by atoms with Crippen molar-refractivity contribution < 1.29 is 8.87 Å². The van der Waals surface area contributed by atoms with Crippen molar-refractivity contribution in [2.45, 2.75) is 50.9 Å². The predicted molar refractivity (Wildman–Crippen MR) is 110 cm³/mol. The van der Waals surface area contributed by atoms with E-state index in [2.05, 4.69) is 82.0 Å². The Kier molecular flexibility index (Phi) is 3.98. The van der Waals surface area contributed by atoms with E-state index in [4.69, 9.17) is 0 Å². The molecule has 1 fully saturated rings. The average Bonchev–Trinajstić information content (AvgIpc) is 2.99. The summed E-state index contributed by atoms with van der Waals surface area (Å²) in [5, 5.41) is 0. The molecule has 140 valence electrons. The van der Waals surface area contributed by atoms with Crippen molar-refractivity contribution in [3.8, 4) is 0 Å². The maximum absolute atomic E-state index is 13.0. The average molecular weight is 363 g/mol. The lowest BCUT2D eigenvalue weighted by atomic mass is 9.81. The summed E-state index contributed by atoms with van der Waals surface area (Å²) in [5.74, 6) is 0. The highest BCUT2D eigenvalue weighted by atomic mass is 19.1. The van der Waals surface area contributed by atoms with Crippen molar-refractivity contribution in [3.05, 3.63) is 95.6 Å². The van der Waals surface area contributed by atoms with Crippen LogP contribution < -0.4 is 0 Å². The third-order valence-electron chi connectivity index (χ3n) is 7.51. The Labute approximate surface area is 162 Å². The molecule has 3 heterocycles. The third-order valence-corrected chi connectivity index (χ3v) is 7.51. The van der Waals surface area contributed by atoms with E-state index in [1.54, 1.807) is 12.2 Å². The molecule has 0 aromatic heterocycles. The number of fused-ring (bicyclic) bond motifs is 5. The molecular formula is C25H29FN+. The molecule has 0 amide bonds. The number of alkyl halides is 1. The maximum atomic E-state index is 13.0. The summed E-state index contributed by atoms with van der Waals surface area (Å²) in [6.07, 6.45) is 5.58. The number of benzene rings is 2. The molecule has 1 nitrogen and oxygen atoms in total. The molecule has 0 aliphatic carbocycles. The van der Waals surface area contributed by atoms with Crippen LogP contribution in [0.15, 0.2) is 73.3 Å². The lowest BCUT2D eigenvalue weighted by Crippen LogP contribution is -2.44. The first kappa shape index (κ1) is 18.2. The minimum Gasteiger partial charge on any atom is -0.281 e. The Balaban J connectivity index is 0.000000565. The second-order valence-corrected chi connectivity index (χ2v) is 8.24. The highest BCUT2D eigenvalue weighted by Gasteiger charge is 2.90. The van der Waals surface area contributed by atoms with Crippen LogP contribution in [0.25, 0.3) is 0 Å². The summed E-state index contributed by atoms with van der Waals surface area (Å²) in [6, 6.07) is 18.5. The van der Waals surface area contributed by atoms with Gasteiger partial charge in [0, 0.05) is 29.2 Å². The van der Waals surface area contributed by atoms with Crippen LogP contribution in [0.2, 0.25) is 0 Å². The van der Waals surface area contributed by atoms with E-state index in [1.807, 2.05) is 6.92 Å². The number of nitrogens with zero attached hydrogens (tertiary/aromatic N) is 1. The smallest absolute Gasteiger partial charge is 0.177 e. The molecule has 0 saturated carbocycles. The minimum atomic E-state index is -0.395. The highest BCUT2D eigenvalue weighted by Crippen LogP contribution is 2.80. The van der Waals surface area contributed by atoms with Gasteiger partial charge in [0.1, 0.15) is 18.8 Å². The third kappa shape index (κ3) is 1.78. The van der Waals surface area contributed by atoms with Crippen LogP contribution >= 0.6 is 0 Å². The summed E-state index contributed by atoms with van der Waals surface area (Å²) in [7, 11) is 0. The Morgan fingerprint density at radius 2 is 1.59 bits per heavy atom. The molecule has 1 spiro atoms. The fourth-order valence-electron chi connectivity index (χ4n) is 6.59. The van der Waals surface area contributed by atoms with Gasteiger partial charge in [0.15, 0.2) is 11.1 Å². The zero-order chi connectivity index (χ0) is 19.4. The molecule has 27 heavy (non-hydrogen) atoms. The molecule has 0 bridgehead atoms. The van der Waals surface area contributed by atoms with Crippen LogP contribution in [-0.2, 0) is 11.1 Å². The van der Waals surface area contributed by atoms with Crippen molar-refractivity contribution in [2.24, 2.45) is 0 Å². The van der Waals surface area contributed by atoms with E-state index in [9.17, 15) is 4.39 Å². The molecule has 5 rings (SSSR count). The van der Waals surface area contributed by atoms with Gasteiger partial charge in [-0.25, -0.2) is 4.39 Å². The normalized spacial score (nSPS) is 36.9. The fraction of sp³-hybridized carbons (Fsp3) is 0.360. The molecule has 2 aromatic carbocycles. The predicted octanol–water partition coefficient (Wildman–Crippen LogP) is 6.17. The van der Waals surface area contributed by atoms with Gasteiger partial charge in [0.25, 0.3) is 0 Å². The molecule has 2 aromatic rings. The number of hydrogen-bond acceptors (Lipinski definition) is 0. The second kappa shape index (κ2) is 5.90. The standard InChI is InChI=1S/C22H23FN.C3H6/c1-15-21(2)18-11-6-7-12-19(18)22(3)17-10-5-4-9-16(17)20(13-8-14-23)24(15,21)22;1-3-2/h4-13,15,20H,14H2,1-3H3;3H,1H2,2H3/q+1;/t15-,20-,21-,22+,24?;/m1./s1. The molecule has 0 N–H and O–H groups in total. The van der Waals surface area contributed by atoms with Gasteiger partial charge in [-0.05, 0) is 26.8 Å². The Hall–Kier alpha value is -2.19. The molecule has 3 aliphatic heterocycles. The maximum Gasteiger partial charge on any atom is 0.177 e. The van der Waals surface area contributed by atoms with Crippen LogP contribution in [0.4, 0.5) is 4.39 Å². The number of hydrogen-bond donors (Lipinski definition) is 0. The van der Waals surface area contributed by atoms with Crippen LogP contribution in [0.5, 0.6) is 0 Å².